The molecule has 10 heteroatoms. The lowest BCUT2D eigenvalue weighted by Gasteiger charge is -2.12. The summed E-state index contributed by atoms with van der Waals surface area (Å²) in [6, 6.07) is -0.205. The molecule has 0 aromatic carbocycles. The fourth-order valence-corrected chi connectivity index (χ4v) is 3.06. The van der Waals surface area contributed by atoms with Gasteiger partial charge in [0.25, 0.3) is 0 Å². The van der Waals surface area contributed by atoms with Crippen molar-refractivity contribution in [1.82, 2.24) is 15.2 Å². The molecule has 10 nitrogen and oxygen atoms in total. The van der Waals surface area contributed by atoms with Crippen LogP contribution >= 0.6 is 0 Å². The van der Waals surface area contributed by atoms with E-state index in [9.17, 15) is 19.7 Å². The Kier molecular flexibility index (Phi) is 6.65. The third-order valence-corrected chi connectivity index (χ3v) is 4.04. The lowest BCUT2D eigenvalue weighted by molar-refractivity contribution is -0.393. The number of hydrogen-bond acceptors (Lipinski definition) is 6. The summed E-state index contributed by atoms with van der Waals surface area (Å²) in [7, 11) is 0. The zero-order chi connectivity index (χ0) is 20.1. The van der Waals surface area contributed by atoms with E-state index in [0.717, 1.165) is 12.1 Å². The van der Waals surface area contributed by atoms with Gasteiger partial charge in [-0.05, 0) is 39.0 Å². The summed E-state index contributed by atoms with van der Waals surface area (Å²) in [4.78, 5) is 34.7. The third-order valence-electron chi connectivity index (χ3n) is 4.04. The van der Waals surface area contributed by atoms with Crippen LogP contribution in [0.3, 0.4) is 0 Å². The number of rotatable bonds is 7. The molecule has 2 heterocycles. The molecule has 2 rings (SSSR count). The molecule has 1 aromatic heterocycles. The van der Waals surface area contributed by atoms with Gasteiger partial charge in [0.1, 0.15) is 18.9 Å². The molecule has 0 saturated carbocycles. The molecule has 27 heavy (non-hydrogen) atoms. The Hall–Kier alpha value is -2.78. The van der Waals surface area contributed by atoms with Crippen LogP contribution in [-0.4, -0.2) is 33.8 Å². The number of ether oxygens (including phenoxy) is 2. The molecule has 0 bridgehead atoms. The maximum Gasteiger partial charge on any atom is 0.407 e. The number of alkyl carbamates (subject to hydrolysis) is 2. The highest BCUT2D eigenvalue weighted by molar-refractivity contribution is 5.68. The van der Waals surface area contributed by atoms with Crippen LogP contribution in [0.2, 0.25) is 0 Å². The lowest BCUT2D eigenvalue weighted by Crippen LogP contribution is -2.31. The summed E-state index contributed by atoms with van der Waals surface area (Å²) < 4.78 is 12.0. The summed E-state index contributed by atoms with van der Waals surface area (Å²) in [5.41, 5.74) is 1.56. The first-order valence-corrected chi connectivity index (χ1v) is 8.94. The van der Waals surface area contributed by atoms with Gasteiger partial charge in [-0.3, -0.25) is 0 Å². The lowest BCUT2D eigenvalue weighted by atomic mass is 10.1. The molecule has 0 spiro atoms. The summed E-state index contributed by atoms with van der Waals surface area (Å²) in [6.07, 6.45) is 0.157. The highest BCUT2D eigenvalue weighted by Gasteiger charge is 2.35. The Morgan fingerprint density at radius 1 is 1.07 bits per heavy atom. The second-order valence-corrected chi connectivity index (χ2v) is 6.99. The summed E-state index contributed by atoms with van der Waals surface area (Å²) in [5.74, 6) is -0.109. The predicted molar refractivity (Wildman–Crippen MR) is 96.3 cm³/mol. The van der Waals surface area contributed by atoms with Crippen LogP contribution in [0.5, 0.6) is 0 Å². The average Bonchev–Trinajstić information content (AvgIpc) is 3.09. The fraction of sp³-hybridized carbons (Fsp3) is 0.647. The van der Waals surface area contributed by atoms with Gasteiger partial charge in [0.15, 0.2) is 0 Å². The van der Waals surface area contributed by atoms with Crippen molar-refractivity contribution < 1.29 is 24.0 Å². The number of carbonyl (C=O) groups excluding carboxylic acids is 2. The summed E-state index contributed by atoms with van der Waals surface area (Å²) >= 11 is 0. The number of nitro groups is 1. The van der Waals surface area contributed by atoms with Crippen LogP contribution in [-0.2, 0) is 35.7 Å². The second kappa shape index (κ2) is 8.74. The van der Waals surface area contributed by atoms with Gasteiger partial charge >= 0.3 is 18.0 Å². The maximum atomic E-state index is 11.8. The van der Waals surface area contributed by atoms with Gasteiger partial charge in [-0.15, -0.1) is 0 Å². The van der Waals surface area contributed by atoms with Crippen molar-refractivity contribution in [1.29, 1.82) is 0 Å². The molecule has 0 radical (unpaired) electrons. The number of aromatic nitrogens is 1. The van der Waals surface area contributed by atoms with E-state index in [-0.39, 0.29) is 36.7 Å². The van der Waals surface area contributed by atoms with Crippen molar-refractivity contribution >= 4 is 18.0 Å². The molecule has 1 aliphatic rings. The van der Waals surface area contributed by atoms with E-state index < -0.39 is 17.1 Å². The highest BCUT2D eigenvalue weighted by Crippen LogP contribution is 2.35. The SMILES string of the molecule is CC(C)NC(=O)OCc1c(COC(=O)NC(C)C)c([N+](=O)[O-])n2c1CCC2. The van der Waals surface area contributed by atoms with E-state index in [1.807, 2.05) is 0 Å². The smallest absolute Gasteiger partial charge is 0.407 e. The van der Waals surface area contributed by atoms with Gasteiger partial charge in [0.05, 0.1) is 12.1 Å². The van der Waals surface area contributed by atoms with Gasteiger partial charge in [0, 0.05) is 24.1 Å². The molecule has 1 aliphatic heterocycles. The molecule has 0 saturated heterocycles. The van der Waals surface area contributed by atoms with Crippen molar-refractivity contribution in [3.63, 3.8) is 0 Å². The average molecular weight is 382 g/mol. The maximum absolute atomic E-state index is 11.8. The molecule has 0 atom stereocenters. The predicted octanol–water partition coefficient (Wildman–Crippen LogP) is 2.61. The zero-order valence-corrected chi connectivity index (χ0v) is 16.0. The first-order valence-electron chi connectivity index (χ1n) is 8.94. The van der Waals surface area contributed by atoms with Crippen LogP contribution in [0.1, 0.15) is 50.9 Å². The standard InChI is InChI=1S/C17H26N4O6/c1-10(2)18-16(22)26-8-12-13(9-27-17(23)19-11(3)4)15(21(24)25)20-7-5-6-14(12)20/h10-11H,5-9H2,1-4H3,(H,18,22)(H,19,23). The number of carbonyl (C=O) groups is 2. The van der Waals surface area contributed by atoms with Gasteiger partial charge in [-0.1, -0.05) is 0 Å². The van der Waals surface area contributed by atoms with Gasteiger partial charge < -0.3 is 30.2 Å². The normalized spacial score (nSPS) is 12.8. The van der Waals surface area contributed by atoms with Gasteiger partial charge in [-0.2, -0.15) is 0 Å². The van der Waals surface area contributed by atoms with Gasteiger partial charge in [-0.25, -0.2) is 14.2 Å². The Balaban J connectivity index is 2.25. The van der Waals surface area contributed by atoms with E-state index in [2.05, 4.69) is 10.6 Å². The summed E-state index contributed by atoms with van der Waals surface area (Å²) in [5, 5.41) is 16.8. The Morgan fingerprint density at radius 2 is 1.59 bits per heavy atom. The fourth-order valence-electron chi connectivity index (χ4n) is 3.06. The molecule has 1 aromatic rings. The largest absolute Gasteiger partial charge is 0.445 e. The molecule has 2 amide bonds. The zero-order valence-electron chi connectivity index (χ0n) is 16.0. The topological polar surface area (TPSA) is 125 Å². The molecule has 0 aliphatic carbocycles. The first-order chi connectivity index (χ1) is 12.7. The molecule has 0 unspecified atom stereocenters. The van der Waals surface area contributed by atoms with E-state index in [4.69, 9.17) is 9.47 Å². The van der Waals surface area contributed by atoms with E-state index >= 15 is 0 Å². The van der Waals surface area contributed by atoms with Crippen molar-refractivity contribution in [2.24, 2.45) is 0 Å². The number of fused-ring (bicyclic) bond motifs is 1. The van der Waals surface area contributed by atoms with Crippen molar-refractivity contribution in [2.45, 2.75) is 72.4 Å². The van der Waals surface area contributed by atoms with Crippen LogP contribution < -0.4 is 10.6 Å². The Morgan fingerprint density at radius 3 is 2.07 bits per heavy atom. The van der Waals surface area contributed by atoms with E-state index in [0.29, 0.717) is 18.5 Å². The number of nitrogens with zero attached hydrogens (tertiary/aromatic N) is 2. The highest BCUT2D eigenvalue weighted by atomic mass is 16.6. The quantitative estimate of drug-likeness (QED) is 0.552. The van der Waals surface area contributed by atoms with Crippen molar-refractivity contribution in [3.8, 4) is 0 Å². The molecule has 2 N–H and O–H groups in total. The van der Waals surface area contributed by atoms with Crippen LogP contribution in [0.25, 0.3) is 0 Å². The van der Waals surface area contributed by atoms with Gasteiger partial charge in [0.2, 0.25) is 0 Å². The van der Waals surface area contributed by atoms with E-state index in [1.54, 1.807) is 32.3 Å². The van der Waals surface area contributed by atoms with Crippen LogP contribution in [0.4, 0.5) is 15.4 Å². The van der Waals surface area contributed by atoms with Crippen molar-refractivity contribution in [3.05, 3.63) is 26.9 Å². The second-order valence-electron chi connectivity index (χ2n) is 6.99. The molecule has 150 valence electrons. The van der Waals surface area contributed by atoms with Crippen LogP contribution in [0.15, 0.2) is 0 Å². The number of hydrogen-bond donors (Lipinski definition) is 2. The Bertz CT molecular complexity index is 725. The minimum Gasteiger partial charge on any atom is -0.445 e. The monoisotopic (exact) mass is 382 g/mol. The molecule has 0 fully saturated rings. The summed E-state index contributed by atoms with van der Waals surface area (Å²) in [6.45, 7) is 7.29. The minimum absolute atomic E-state index is 0.0888. The molecular weight excluding hydrogens is 356 g/mol. The number of amides is 2. The first kappa shape index (κ1) is 20.5. The molecular formula is C17H26N4O6. The van der Waals surface area contributed by atoms with Crippen molar-refractivity contribution in [2.75, 3.05) is 0 Å². The Labute approximate surface area is 157 Å². The van der Waals surface area contributed by atoms with E-state index in [1.165, 1.54) is 0 Å². The number of nitrogens with one attached hydrogen (secondary N) is 2. The van der Waals surface area contributed by atoms with Crippen LogP contribution in [0, 0.1) is 10.1 Å². The minimum atomic E-state index is -0.657. The third kappa shape index (κ3) is 5.11.